The molecule has 27 heavy (non-hydrogen) atoms. The minimum absolute atomic E-state index is 0.448. The molecule has 8 heteroatoms. The number of aromatic nitrogens is 3. The first-order valence-corrected chi connectivity index (χ1v) is 10.3. The van der Waals surface area contributed by atoms with Crippen molar-refractivity contribution in [3.8, 4) is 0 Å². The van der Waals surface area contributed by atoms with E-state index in [1.165, 1.54) is 32.1 Å². The average molecular weight is 378 g/mol. The van der Waals surface area contributed by atoms with Crippen LogP contribution in [0.4, 0.5) is 0 Å². The Kier molecular flexibility index (Phi) is 7.46. The summed E-state index contributed by atoms with van der Waals surface area (Å²) in [5, 5.41) is 15.6. The predicted molar refractivity (Wildman–Crippen MR) is 107 cm³/mol. The molecular weight excluding hydrogens is 342 g/mol. The third-order valence-corrected chi connectivity index (χ3v) is 5.74. The zero-order valence-corrected chi connectivity index (χ0v) is 17.1. The van der Waals surface area contributed by atoms with Crippen LogP contribution < -0.4 is 10.6 Å². The molecule has 1 aliphatic carbocycles. The summed E-state index contributed by atoms with van der Waals surface area (Å²) < 4.78 is 7.46. The van der Waals surface area contributed by atoms with E-state index in [0.717, 1.165) is 50.5 Å². The molecule has 2 fully saturated rings. The number of aliphatic imine (C=N–C) groups is 1. The van der Waals surface area contributed by atoms with Crippen LogP contribution in [0.15, 0.2) is 4.99 Å². The van der Waals surface area contributed by atoms with Gasteiger partial charge in [0.15, 0.2) is 11.8 Å². The molecule has 2 N–H and O–H groups in total. The van der Waals surface area contributed by atoms with Gasteiger partial charge in [-0.2, -0.15) is 0 Å². The smallest absolute Gasteiger partial charge is 0.191 e. The molecule has 1 saturated heterocycles. The van der Waals surface area contributed by atoms with E-state index >= 15 is 0 Å². The van der Waals surface area contributed by atoms with Crippen LogP contribution in [-0.2, 0) is 18.3 Å². The summed E-state index contributed by atoms with van der Waals surface area (Å²) in [6.07, 6.45) is 6.41. The summed E-state index contributed by atoms with van der Waals surface area (Å²) in [4.78, 5) is 7.28. The zero-order chi connectivity index (χ0) is 19.1. The van der Waals surface area contributed by atoms with Crippen molar-refractivity contribution in [3.63, 3.8) is 0 Å². The van der Waals surface area contributed by atoms with Crippen LogP contribution in [0.5, 0.6) is 0 Å². The van der Waals surface area contributed by atoms with Gasteiger partial charge in [0.2, 0.25) is 0 Å². The van der Waals surface area contributed by atoms with E-state index in [4.69, 9.17) is 9.73 Å². The van der Waals surface area contributed by atoms with Crippen LogP contribution in [0.2, 0.25) is 0 Å². The lowest BCUT2D eigenvalue weighted by Crippen LogP contribution is -2.51. The Morgan fingerprint density at radius 3 is 2.63 bits per heavy atom. The summed E-state index contributed by atoms with van der Waals surface area (Å²) >= 11 is 0. The number of hydrogen-bond donors (Lipinski definition) is 2. The van der Waals surface area contributed by atoms with E-state index in [9.17, 15) is 0 Å². The Morgan fingerprint density at radius 2 is 1.96 bits per heavy atom. The first kappa shape index (κ1) is 20.1. The fourth-order valence-electron chi connectivity index (χ4n) is 3.72. The van der Waals surface area contributed by atoms with E-state index in [0.29, 0.717) is 18.6 Å². The molecule has 1 atom stereocenters. The molecule has 1 unspecified atom stereocenters. The van der Waals surface area contributed by atoms with Gasteiger partial charge in [-0.1, -0.05) is 19.3 Å². The Hall–Kier alpha value is -1.67. The van der Waals surface area contributed by atoms with Crippen molar-refractivity contribution in [2.24, 2.45) is 12.0 Å². The topological polar surface area (TPSA) is 79.6 Å². The average Bonchev–Trinajstić information content (AvgIpc) is 3.03. The molecule has 8 nitrogen and oxygen atoms in total. The predicted octanol–water partition coefficient (Wildman–Crippen LogP) is 1.21. The lowest BCUT2D eigenvalue weighted by atomic mass is 9.96. The number of rotatable bonds is 6. The van der Waals surface area contributed by atoms with Crippen molar-refractivity contribution in [3.05, 3.63) is 11.6 Å². The maximum atomic E-state index is 5.46. The molecule has 0 aromatic carbocycles. The molecule has 2 aliphatic rings. The SMILES string of the molecule is Cc1nnc(CN=C(NCC(C)N2CCOCC2)NC2CCCCC2)n1C. The zero-order valence-electron chi connectivity index (χ0n) is 17.1. The summed E-state index contributed by atoms with van der Waals surface area (Å²) in [5.74, 6) is 2.69. The van der Waals surface area contributed by atoms with E-state index < -0.39 is 0 Å². The van der Waals surface area contributed by atoms with E-state index in [1.54, 1.807) is 0 Å². The number of ether oxygens (including phenoxy) is 1. The Labute approximate surface area is 162 Å². The second kappa shape index (κ2) is 10.0. The molecule has 0 bridgehead atoms. The normalized spacial score (nSPS) is 21.2. The van der Waals surface area contributed by atoms with Crippen LogP contribution in [0.1, 0.15) is 50.7 Å². The van der Waals surface area contributed by atoms with Crippen molar-refractivity contribution >= 4 is 5.96 Å². The monoisotopic (exact) mass is 377 g/mol. The summed E-state index contributed by atoms with van der Waals surface area (Å²) in [6, 6.07) is 0.967. The lowest BCUT2D eigenvalue weighted by Gasteiger charge is -2.33. The van der Waals surface area contributed by atoms with Gasteiger partial charge >= 0.3 is 0 Å². The van der Waals surface area contributed by atoms with E-state index in [1.807, 2.05) is 18.5 Å². The van der Waals surface area contributed by atoms with Crippen LogP contribution in [-0.4, -0.2) is 70.6 Å². The highest BCUT2D eigenvalue weighted by Gasteiger charge is 2.19. The number of nitrogens with zero attached hydrogens (tertiary/aromatic N) is 5. The molecule has 3 rings (SSSR count). The summed E-state index contributed by atoms with van der Waals surface area (Å²) in [7, 11) is 1.99. The van der Waals surface area contributed by atoms with Gasteiger partial charge in [0.05, 0.1) is 13.2 Å². The van der Waals surface area contributed by atoms with Crippen LogP contribution in [0.3, 0.4) is 0 Å². The molecular formula is C19H35N7O. The standard InChI is InChI=1S/C19H35N7O/c1-15(26-9-11-27-12-10-26)13-20-19(22-17-7-5-4-6-8-17)21-14-18-24-23-16(2)25(18)3/h15,17H,4-14H2,1-3H3,(H2,20,21,22). The van der Waals surface area contributed by atoms with Crippen molar-refractivity contribution in [1.82, 2.24) is 30.3 Å². The molecule has 1 aromatic rings. The van der Waals surface area contributed by atoms with Crippen molar-refractivity contribution in [1.29, 1.82) is 0 Å². The fraction of sp³-hybridized carbons (Fsp3) is 0.842. The summed E-state index contributed by atoms with van der Waals surface area (Å²) in [5.41, 5.74) is 0. The summed E-state index contributed by atoms with van der Waals surface area (Å²) in [6.45, 7) is 9.30. The highest BCUT2D eigenvalue weighted by molar-refractivity contribution is 5.80. The molecule has 1 saturated carbocycles. The van der Waals surface area contributed by atoms with E-state index in [2.05, 4.69) is 32.7 Å². The second-order valence-electron chi connectivity index (χ2n) is 7.74. The second-order valence-corrected chi connectivity index (χ2v) is 7.74. The molecule has 1 aromatic heterocycles. The maximum absolute atomic E-state index is 5.46. The Balaban J connectivity index is 1.59. The van der Waals surface area contributed by atoms with Gasteiger partial charge < -0.3 is 19.9 Å². The van der Waals surface area contributed by atoms with Crippen LogP contribution in [0, 0.1) is 6.92 Å². The molecule has 1 aliphatic heterocycles. The molecule has 0 amide bonds. The van der Waals surface area contributed by atoms with Crippen molar-refractivity contribution in [2.45, 2.75) is 64.6 Å². The number of morpholine rings is 1. The van der Waals surface area contributed by atoms with Crippen LogP contribution in [0.25, 0.3) is 0 Å². The molecule has 152 valence electrons. The first-order valence-electron chi connectivity index (χ1n) is 10.3. The number of hydrogen-bond acceptors (Lipinski definition) is 5. The van der Waals surface area contributed by atoms with Crippen LogP contribution >= 0.6 is 0 Å². The van der Waals surface area contributed by atoms with Gasteiger partial charge in [-0.25, -0.2) is 4.99 Å². The van der Waals surface area contributed by atoms with Gasteiger partial charge in [-0.3, -0.25) is 4.90 Å². The van der Waals surface area contributed by atoms with Gasteiger partial charge in [0.25, 0.3) is 0 Å². The number of guanidine groups is 1. The Bertz CT molecular complexity index is 603. The number of aryl methyl sites for hydroxylation is 1. The molecule has 0 spiro atoms. The molecule has 0 radical (unpaired) electrons. The molecule has 2 heterocycles. The van der Waals surface area contributed by atoms with E-state index in [-0.39, 0.29) is 0 Å². The highest BCUT2D eigenvalue weighted by Crippen LogP contribution is 2.17. The largest absolute Gasteiger partial charge is 0.379 e. The lowest BCUT2D eigenvalue weighted by molar-refractivity contribution is 0.0211. The number of nitrogens with one attached hydrogen (secondary N) is 2. The van der Waals surface area contributed by atoms with Gasteiger partial charge in [-0.05, 0) is 26.7 Å². The fourth-order valence-corrected chi connectivity index (χ4v) is 3.72. The first-order chi connectivity index (χ1) is 13.1. The quantitative estimate of drug-likeness (QED) is 0.573. The van der Waals surface area contributed by atoms with Gasteiger partial charge in [0, 0.05) is 38.8 Å². The highest BCUT2D eigenvalue weighted by atomic mass is 16.5. The third-order valence-electron chi connectivity index (χ3n) is 5.74. The van der Waals surface area contributed by atoms with Crippen molar-refractivity contribution < 1.29 is 4.74 Å². The minimum Gasteiger partial charge on any atom is -0.379 e. The minimum atomic E-state index is 0.448. The van der Waals surface area contributed by atoms with Gasteiger partial charge in [0.1, 0.15) is 12.4 Å². The third kappa shape index (κ3) is 5.90. The van der Waals surface area contributed by atoms with Crippen molar-refractivity contribution in [2.75, 3.05) is 32.8 Å². The maximum Gasteiger partial charge on any atom is 0.191 e. The Morgan fingerprint density at radius 1 is 1.22 bits per heavy atom. The van der Waals surface area contributed by atoms with Gasteiger partial charge in [-0.15, -0.1) is 10.2 Å².